The van der Waals surface area contributed by atoms with E-state index >= 15 is 0 Å². The second-order valence-corrected chi connectivity index (χ2v) is 6.35. The van der Waals surface area contributed by atoms with E-state index in [2.05, 4.69) is 10.6 Å². The van der Waals surface area contributed by atoms with Crippen molar-refractivity contribution in [3.8, 4) is 0 Å². The number of amides is 2. The third kappa shape index (κ3) is 4.63. The molecule has 0 bridgehead atoms. The van der Waals surface area contributed by atoms with Crippen molar-refractivity contribution in [2.24, 2.45) is 5.14 Å². The van der Waals surface area contributed by atoms with Gasteiger partial charge in [0, 0.05) is 23.9 Å². The van der Waals surface area contributed by atoms with Gasteiger partial charge in [0.05, 0.1) is 4.90 Å². The average Bonchev–Trinajstić information content (AvgIpc) is 2.46. The van der Waals surface area contributed by atoms with Crippen molar-refractivity contribution in [1.29, 1.82) is 0 Å². The largest absolute Gasteiger partial charge is 0.326 e. The molecule has 0 aliphatic heterocycles. The molecule has 0 aromatic heterocycles. The first-order valence-corrected chi connectivity index (χ1v) is 8.12. The third-order valence-electron chi connectivity index (χ3n) is 2.89. The van der Waals surface area contributed by atoms with Crippen LogP contribution in [-0.4, -0.2) is 20.2 Å². The first kappa shape index (κ1) is 16.7. The van der Waals surface area contributed by atoms with Crippen LogP contribution in [0.5, 0.6) is 0 Å². The monoisotopic (exact) mass is 333 g/mol. The molecule has 0 unspecified atom stereocenters. The van der Waals surface area contributed by atoms with Crippen LogP contribution in [0.3, 0.4) is 0 Å². The molecular formula is C15H15N3O4S. The van der Waals surface area contributed by atoms with Crippen LogP contribution in [0.15, 0.2) is 53.4 Å². The van der Waals surface area contributed by atoms with E-state index in [0.717, 1.165) is 0 Å². The van der Waals surface area contributed by atoms with Crippen molar-refractivity contribution >= 4 is 33.2 Å². The molecule has 0 spiro atoms. The molecule has 4 N–H and O–H groups in total. The summed E-state index contributed by atoms with van der Waals surface area (Å²) in [7, 11) is -3.83. The van der Waals surface area contributed by atoms with Crippen molar-refractivity contribution in [3.05, 3.63) is 54.1 Å². The summed E-state index contributed by atoms with van der Waals surface area (Å²) < 4.78 is 22.6. The second kappa shape index (κ2) is 6.59. The molecule has 0 atom stereocenters. The Morgan fingerprint density at radius 1 is 0.957 bits per heavy atom. The molecule has 7 nitrogen and oxygen atoms in total. The normalized spacial score (nSPS) is 10.9. The summed E-state index contributed by atoms with van der Waals surface area (Å²) in [4.78, 5) is 23.0. The summed E-state index contributed by atoms with van der Waals surface area (Å²) in [5, 5.41) is 10.2. The number of nitrogens with one attached hydrogen (secondary N) is 2. The van der Waals surface area contributed by atoms with Gasteiger partial charge in [-0.2, -0.15) is 0 Å². The number of anilines is 2. The molecule has 0 saturated heterocycles. The maximum absolute atomic E-state index is 12.1. The van der Waals surface area contributed by atoms with E-state index in [-0.39, 0.29) is 10.8 Å². The minimum Gasteiger partial charge on any atom is -0.326 e. The lowest BCUT2D eigenvalue weighted by Gasteiger charge is -2.08. The number of sulfonamides is 1. The molecule has 0 aliphatic carbocycles. The van der Waals surface area contributed by atoms with Crippen molar-refractivity contribution in [3.63, 3.8) is 0 Å². The van der Waals surface area contributed by atoms with Crippen LogP contribution in [0.4, 0.5) is 11.4 Å². The highest BCUT2D eigenvalue weighted by Gasteiger charge is 2.10. The van der Waals surface area contributed by atoms with Gasteiger partial charge >= 0.3 is 0 Å². The molecule has 0 radical (unpaired) electrons. The number of benzene rings is 2. The zero-order chi connectivity index (χ0) is 17.0. The summed E-state index contributed by atoms with van der Waals surface area (Å²) in [5.74, 6) is -0.618. The summed E-state index contributed by atoms with van der Waals surface area (Å²) in [6.07, 6.45) is 0. The Kier molecular flexibility index (Phi) is 4.77. The molecule has 0 saturated carbocycles. The molecular weight excluding hydrogens is 318 g/mol. The van der Waals surface area contributed by atoms with Crippen LogP contribution in [0, 0.1) is 0 Å². The quantitative estimate of drug-likeness (QED) is 0.786. The Hall–Kier alpha value is -2.71. The van der Waals surface area contributed by atoms with E-state index in [9.17, 15) is 18.0 Å². The van der Waals surface area contributed by atoms with Crippen LogP contribution >= 0.6 is 0 Å². The SMILES string of the molecule is CC(=O)Nc1ccc(C(=O)Nc2cccc(S(N)(=O)=O)c2)cc1. The van der Waals surface area contributed by atoms with E-state index < -0.39 is 15.9 Å². The first-order chi connectivity index (χ1) is 10.8. The zero-order valence-corrected chi connectivity index (χ0v) is 13.1. The van der Waals surface area contributed by atoms with E-state index in [4.69, 9.17) is 5.14 Å². The molecule has 2 amide bonds. The lowest BCUT2D eigenvalue weighted by Crippen LogP contribution is -2.15. The summed E-state index contributed by atoms with van der Waals surface area (Å²) in [6.45, 7) is 1.39. The molecule has 2 aromatic carbocycles. The summed E-state index contributed by atoms with van der Waals surface area (Å²) in [6, 6.07) is 11.9. The van der Waals surface area contributed by atoms with E-state index in [1.807, 2.05) is 0 Å². The number of hydrogen-bond acceptors (Lipinski definition) is 4. The number of nitrogens with two attached hydrogens (primary N) is 1. The van der Waals surface area contributed by atoms with E-state index in [1.165, 1.54) is 25.1 Å². The van der Waals surface area contributed by atoms with Crippen molar-refractivity contribution in [2.45, 2.75) is 11.8 Å². The number of carbonyl (C=O) groups excluding carboxylic acids is 2. The van der Waals surface area contributed by atoms with Gasteiger partial charge in [0.2, 0.25) is 15.9 Å². The van der Waals surface area contributed by atoms with Crippen molar-refractivity contribution < 1.29 is 18.0 Å². The zero-order valence-electron chi connectivity index (χ0n) is 12.2. The first-order valence-electron chi connectivity index (χ1n) is 6.57. The number of rotatable bonds is 4. The summed E-state index contributed by atoms with van der Waals surface area (Å²) in [5.41, 5.74) is 1.25. The molecule has 0 heterocycles. The fourth-order valence-corrected chi connectivity index (χ4v) is 2.42. The standard InChI is InChI=1S/C15H15N3O4S/c1-10(19)17-12-7-5-11(6-8-12)15(20)18-13-3-2-4-14(9-13)23(16,21)22/h2-9H,1H3,(H,17,19)(H,18,20)(H2,16,21,22). The molecule has 2 aromatic rings. The van der Waals surface area contributed by atoms with Gasteiger partial charge < -0.3 is 10.6 Å². The topological polar surface area (TPSA) is 118 Å². The Morgan fingerprint density at radius 2 is 1.61 bits per heavy atom. The third-order valence-corrected chi connectivity index (χ3v) is 3.80. The average molecular weight is 333 g/mol. The van der Waals surface area contributed by atoms with Gasteiger partial charge in [0.1, 0.15) is 0 Å². The summed E-state index contributed by atoms with van der Waals surface area (Å²) >= 11 is 0. The Balaban J connectivity index is 2.14. The lowest BCUT2D eigenvalue weighted by atomic mass is 10.2. The van der Waals surface area contributed by atoms with Crippen LogP contribution in [0.25, 0.3) is 0 Å². The van der Waals surface area contributed by atoms with Gasteiger partial charge in [-0.1, -0.05) is 6.07 Å². The van der Waals surface area contributed by atoms with Gasteiger partial charge in [-0.05, 0) is 42.5 Å². The van der Waals surface area contributed by atoms with Gasteiger partial charge in [-0.3, -0.25) is 9.59 Å². The molecule has 23 heavy (non-hydrogen) atoms. The van der Waals surface area contributed by atoms with Crippen LogP contribution in [-0.2, 0) is 14.8 Å². The van der Waals surface area contributed by atoms with E-state index in [0.29, 0.717) is 16.9 Å². The van der Waals surface area contributed by atoms with E-state index in [1.54, 1.807) is 30.3 Å². The molecule has 0 aliphatic rings. The Morgan fingerprint density at radius 3 is 2.17 bits per heavy atom. The molecule has 2 rings (SSSR count). The highest BCUT2D eigenvalue weighted by molar-refractivity contribution is 7.89. The fraction of sp³-hybridized carbons (Fsp3) is 0.0667. The maximum Gasteiger partial charge on any atom is 0.255 e. The van der Waals surface area contributed by atoms with Crippen LogP contribution < -0.4 is 15.8 Å². The number of carbonyl (C=O) groups is 2. The molecule has 8 heteroatoms. The lowest BCUT2D eigenvalue weighted by molar-refractivity contribution is -0.114. The molecule has 0 fully saturated rings. The van der Waals surface area contributed by atoms with Gasteiger partial charge in [-0.15, -0.1) is 0 Å². The highest BCUT2D eigenvalue weighted by Crippen LogP contribution is 2.16. The number of hydrogen-bond donors (Lipinski definition) is 3. The predicted molar refractivity (Wildman–Crippen MR) is 86.5 cm³/mol. The smallest absolute Gasteiger partial charge is 0.255 e. The Labute approximate surface area is 133 Å². The Bertz CT molecular complexity index is 845. The van der Waals surface area contributed by atoms with Gasteiger partial charge in [0.15, 0.2) is 0 Å². The highest BCUT2D eigenvalue weighted by atomic mass is 32.2. The second-order valence-electron chi connectivity index (χ2n) is 4.79. The molecule has 120 valence electrons. The predicted octanol–water partition coefficient (Wildman–Crippen LogP) is 1.54. The van der Waals surface area contributed by atoms with Crippen molar-refractivity contribution in [2.75, 3.05) is 10.6 Å². The van der Waals surface area contributed by atoms with Gasteiger partial charge in [-0.25, -0.2) is 13.6 Å². The van der Waals surface area contributed by atoms with Crippen LogP contribution in [0.2, 0.25) is 0 Å². The maximum atomic E-state index is 12.1. The number of primary sulfonamides is 1. The van der Waals surface area contributed by atoms with Crippen molar-refractivity contribution in [1.82, 2.24) is 0 Å². The minimum atomic E-state index is -3.83. The van der Waals surface area contributed by atoms with Crippen LogP contribution in [0.1, 0.15) is 17.3 Å². The minimum absolute atomic E-state index is 0.0868. The van der Waals surface area contributed by atoms with Gasteiger partial charge in [0.25, 0.3) is 5.91 Å². The fourth-order valence-electron chi connectivity index (χ4n) is 1.86.